The lowest BCUT2D eigenvalue weighted by Gasteiger charge is -2.20. The van der Waals surface area contributed by atoms with Crippen molar-refractivity contribution in [2.24, 2.45) is 0 Å². The number of hydrogen-bond donors (Lipinski definition) is 0. The summed E-state index contributed by atoms with van der Waals surface area (Å²) in [6, 6.07) is 8.01. The lowest BCUT2D eigenvalue weighted by atomic mass is 10.2. The highest BCUT2D eigenvalue weighted by Crippen LogP contribution is 2.30. The Morgan fingerprint density at radius 2 is 1.95 bits per heavy atom. The molecule has 2 rings (SSSR count). The van der Waals surface area contributed by atoms with E-state index >= 15 is 0 Å². The van der Waals surface area contributed by atoms with E-state index in [9.17, 15) is 4.79 Å². The molecule has 3 nitrogen and oxygen atoms in total. The molecule has 0 saturated heterocycles. The largest absolute Gasteiger partial charge is 0.459 e. The van der Waals surface area contributed by atoms with E-state index in [0.717, 1.165) is 21.1 Å². The Bertz CT molecular complexity index is 623. The van der Waals surface area contributed by atoms with Gasteiger partial charge in [-0.1, -0.05) is 18.2 Å². The highest BCUT2D eigenvalue weighted by atomic mass is 79.9. The van der Waals surface area contributed by atoms with Crippen LogP contribution in [0.15, 0.2) is 28.7 Å². The molecule has 19 heavy (non-hydrogen) atoms. The fraction of sp³-hybridized carbons (Fsp3) is 0.400. The Hall–Kier alpha value is -1.29. The minimum Gasteiger partial charge on any atom is -0.459 e. The van der Waals surface area contributed by atoms with Gasteiger partial charge in [0.15, 0.2) is 0 Å². The predicted molar refractivity (Wildman–Crippen MR) is 80.2 cm³/mol. The first-order valence-electron chi connectivity index (χ1n) is 6.25. The summed E-state index contributed by atoms with van der Waals surface area (Å²) in [5.74, 6) is -0.219. The number of nitrogens with zero attached hydrogens (tertiary/aromatic N) is 1. The lowest BCUT2D eigenvalue weighted by molar-refractivity contribution is -0.155. The Morgan fingerprint density at radius 3 is 2.58 bits per heavy atom. The van der Waals surface area contributed by atoms with Crippen molar-refractivity contribution in [3.8, 4) is 0 Å². The first kappa shape index (κ1) is 14.1. The summed E-state index contributed by atoms with van der Waals surface area (Å²) in [6.45, 7) is 7.86. The first-order chi connectivity index (χ1) is 8.79. The van der Waals surface area contributed by atoms with Crippen LogP contribution in [0.2, 0.25) is 0 Å². The van der Waals surface area contributed by atoms with Crippen LogP contribution in [0.3, 0.4) is 0 Å². The normalized spacial score (nSPS) is 11.8. The van der Waals surface area contributed by atoms with Gasteiger partial charge in [-0.3, -0.25) is 4.79 Å². The van der Waals surface area contributed by atoms with Crippen LogP contribution < -0.4 is 0 Å². The maximum Gasteiger partial charge on any atom is 0.326 e. The summed E-state index contributed by atoms with van der Waals surface area (Å²) in [6.07, 6.45) is 0. The zero-order valence-electron chi connectivity index (χ0n) is 11.7. The van der Waals surface area contributed by atoms with Crippen LogP contribution in [0.5, 0.6) is 0 Å². The molecule has 0 N–H and O–H groups in total. The number of aromatic nitrogens is 1. The van der Waals surface area contributed by atoms with Gasteiger partial charge < -0.3 is 9.30 Å². The molecule has 0 aliphatic carbocycles. The van der Waals surface area contributed by atoms with Crippen LogP contribution in [0.4, 0.5) is 0 Å². The molecule has 1 aromatic carbocycles. The molecule has 2 aromatic rings. The molecule has 0 spiro atoms. The van der Waals surface area contributed by atoms with Crippen LogP contribution in [0, 0.1) is 6.92 Å². The topological polar surface area (TPSA) is 31.2 Å². The van der Waals surface area contributed by atoms with Crippen molar-refractivity contribution < 1.29 is 9.53 Å². The fourth-order valence-corrected chi connectivity index (χ4v) is 2.64. The maximum absolute atomic E-state index is 12.0. The molecule has 0 radical (unpaired) electrons. The molecule has 1 heterocycles. The molecule has 4 heteroatoms. The number of esters is 1. The molecular weight excluding hydrogens is 306 g/mol. The summed E-state index contributed by atoms with van der Waals surface area (Å²) >= 11 is 3.58. The molecular formula is C15H18BrNO2. The van der Waals surface area contributed by atoms with Gasteiger partial charge in [0.05, 0.1) is 0 Å². The number of para-hydroxylation sites is 1. The van der Waals surface area contributed by atoms with Crippen LogP contribution >= 0.6 is 15.9 Å². The van der Waals surface area contributed by atoms with Crippen molar-refractivity contribution in [2.45, 2.75) is 39.8 Å². The number of halogens is 1. The van der Waals surface area contributed by atoms with Crippen LogP contribution in [-0.2, 0) is 16.1 Å². The number of ether oxygens (including phenoxy) is 1. The SMILES string of the molecule is Cc1c(Br)c2ccccc2n1CC(=O)OC(C)(C)C. The van der Waals surface area contributed by atoms with Gasteiger partial charge in [-0.05, 0) is 49.7 Å². The van der Waals surface area contributed by atoms with E-state index in [1.807, 2.05) is 56.5 Å². The van der Waals surface area contributed by atoms with Crippen molar-refractivity contribution in [1.82, 2.24) is 4.57 Å². The second-order valence-corrected chi connectivity index (χ2v) is 6.38. The van der Waals surface area contributed by atoms with E-state index in [-0.39, 0.29) is 12.5 Å². The average Bonchev–Trinajstić information content (AvgIpc) is 2.53. The molecule has 0 amide bonds. The summed E-state index contributed by atoms with van der Waals surface area (Å²) in [4.78, 5) is 12.0. The predicted octanol–water partition coefficient (Wildman–Crippen LogP) is 4.05. The number of carbonyl (C=O) groups excluding carboxylic acids is 1. The molecule has 0 fully saturated rings. The molecule has 102 valence electrons. The third kappa shape index (κ3) is 3.00. The molecule has 1 aromatic heterocycles. The van der Waals surface area contributed by atoms with E-state index < -0.39 is 5.60 Å². The van der Waals surface area contributed by atoms with Crippen LogP contribution in [0.1, 0.15) is 26.5 Å². The van der Waals surface area contributed by atoms with Crippen molar-refractivity contribution in [3.63, 3.8) is 0 Å². The van der Waals surface area contributed by atoms with Crippen LogP contribution in [0.25, 0.3) is 10.9 Å². The maximum atomic E-state index is 12.0. The number of rotatable bonds is 2. The van der Waals surface area contributed by atoms with E-state index in [1.54, 1.807) is 0 Å². The van der Waals surface area contributed by atoms with E-state index in [0.29, 0.717) is 0 Å². The quantitative estimate of drug-likeness (QED) is 0.780. The average molecular weight is 324 g/mol. The highest BCUT2D eigenvalue weighted by molar-refractivity contribution is 9.10. The fourth-order valence-electron chi connectivity index (χ4n) is 2.10. The van der Waals surface area contributed by atoms with Gasteiger partial charge in [-0.25, -0.2) is 0 Å². The molecule has 0 unspecified atom stereocenters. The summed E-state index contributed by atoms with van der Waals surface area (Å²) in [5.41, 5.74) is 1.62. The molecule has 0 aliphatic heterocycles. The van der Waals surface area contributed by atoms with Crippen molar-refractivity contribution in [3.05, 3.63) is 34.4 Å². The van der Waals surface area contributed by atoms with Gasteiger partial charge in [0.25, 0.3) is 0 Å². The Balaban J connectivity index is 2.36. The summed E-state index contributed by atoms with van der Waals surface area (Å²) in [7, 11) is 0. The lowest BCUT2D eigenvalue weighted by Crippen LogP contribution is -2.26. The van der Waals surface area contributed by atoms with Crippen molar-refractivity contribution in [1.29, 1.82) is 0 Å². The van der Waals surface area contributed by atoms with Crippen LogP contribution in [-0.4, -0.2) is 16.1 Å². The van der Waals surface area contributed by atoms with E-state index in [1.165, 1.54) is 0 Å². The number of hydrogen-bond acceptors (Lipinski definition) is 2. The molecule has 0 atom stereocenters. The Labute approximate surface area is 121 Å². The second-order valence-electron chi connectivity index (χ2n) is 5.59. The Kier molecular flexibility index (Phi) is 3.72. The minimum atomic E-state index is -0.453. The van der Waals surface area contributed by atoms with Gasteiger partial charge in [0.1, 0.15) is 12.1 Å². The van der Waals surface area contributed by atoms with Gasteiger partial charge in [0, 0.05) is 21.1 Å². The standard InChI is InChI=1S/C15H18BrNO2/c1-10-14(16)11-7-5-6-8-12(11)17(10)9-13(18)19-15(2,3)4/h5-8H,9H2,1-4H3. The minimum absolute atomic E-state index is 0.219. The monoisotopic (exact) mass is 323 g/mol. The van der Waals surface area contributed by atoms with Crippen molar-refractivity contribution >= 4 is 32.8 Å². The number of carbonyl (C=O) groups is 1. The first-order valence-corrected chi connectivity index (χ1v) is 7.04. The van der Waals surface area contributed by atoms with Gasteiger partial charge in [0.2, 0.25) is 0 Å². The number of benzene rings is 1. The van der Waals surface area contributed by atoms with Gasteiger partial charge >= 0.3 is 5.97 Å². The van der Waals surface area contributed by atoms with Gasteiger partial charge in [-0.15, -0.1) is 0 Å². The molecule has 0 saturated carbocycles. The second kappa shape index (κ2) is 5.00. The summed E-state index contributed by atoms with van der Waals surface area (Å²) in [5, 5.41) is 1.11. The number of fused-ring (bicyclic) bond motifs is 1. The van der Waals surface area contributed by atoms with Gasteiger partial charge in [-0.2, -0.15) is 0 Å². The summed E-state index contributed by atoms with van der Waals surface area (Å²) < 4.78 is 8.39. The van der Waals surface area contributed by atoms with E-state index in [4.69, 9.17) is 4.74 Å². The molecule has 0 aliphatic rings. The highest BCUT2D eigenvalue weighted by Gasteiger charge is 2.19. The Morgan fingerprint density at radius 1 is 1.32 bits per heavy atom. The third-order valence-corrected chi connectivity index (χ3v) is 3.86. The zero-order chi connectivity index (χ0) is 14.2. The van der Waals surface area contributed by atoms with Crippen molar-refractivity contribution in [2.75, 3.05) is 0 Å². The molecule has 0 bridgehead atoms. The van der Waals surface area contributed by atoms with E-state index in [2.05, 4.69) is 15.9 Å². The smallest absolute Gasteiger partial charge is 0.326 e. The third-order valence-electron chi connectivity index (χ3n) is 2.86. The zero-order valence-corrected chi connectivity index (χ0v) is 13.2.